The molecule has 1 aromatic carbocycles. The van der Waals surface area contributed by atoms with Gasteiger partial charge in [0, 0.05) is 5.57 Å². The lowest BCUT2D eigenvalue weighted by molar-refractivity contribution is -0.137. The predicted octanol–water partition coefficient (Wildman–Crippen LogP) is 0.617. The first-order valence-corrected chi connectivity index (χ1v) is 6.39. The number of hydrogen-bond acceptors (Lipinski definition) is 4. The third kappa shape index (κ3) is 1.57. The molecular weight excluding hydrogens is 242 g/mol. The standard InChI is InChI=1S/C11H11NO4S/c1-6-9(10(12)11(13)14)7-4-2-3-5-8(7)17(6,15)16/h2-5,10H,12H2,1H3,(H,13,14). The van der Waals surface area contributed by atoms with Crippen LogP contribution < -0.4 is 5.73 Å². The van der Waals surface area contributed by atoms with Crippen molar-refractivity contribution in [2.75, 3.05) is 0 Å². The van der Waals surface area contributed by atoms with Gasteiger partial charge < -0.3 is 10.8 Å². The summed E-state index contributed by atoms with van der Waals surface area (Å²) in [5.74, 6) is -1.24. The average molecular weight is 253 g/mol. The quantitative estimate of drug-likeness (QED) is 0.805. The first-order chi connectivity index (χ1) is 7.87. The molecule has 1 aromatic rings. The molecule has 1 heterocycles. The van der Waals surface area contributed by atoms with Gasteiger partial charge in [-0.2, -0.15) is 0 Å². The summed E-state index contributed by atoms with van der Waals surface area (Å²) in [7, 11) is -3.58. The molecule has 1 atom stereocenters. The molecule has 0 bridgehead atoms. The Morgan fingerprint density at radius 1 is 1.35 bits per heavy atom. The highest BCUT2D eigenvalue weighted by atomic mass is 32.2. The zero-order valence-corrected chi connectivity index (χ0v) is 9.86. The van der Waals surface area contributed by atoms with Gasteiger partial charge >= 0.3 is 5.97 Å². The van der Waals surface area contributed by atoms with Crippen molar-refractivity contribution >= 4 is 21.4 Å². The molecule has 3 N–H and O–H groups in total. The molecular formula is C11H11NO4S. The molecule has 0 saturated heterocycles. The highest BCUT2D eigenvalue weighted by Crippen LogP contribution is 2.39. The Hall–Kier alpha value is -1.66. The monoisotopic (exact) mass is 253 g/mol. The van der Waals surface area contributed by atoms with Crippen LogP contribution in [0, 0.1) is 0 Å². The van der Waals surface area contributed by atoms with E-state index in [-0.39, 0.29) is 15.4 Å². The maximum atomic E-state index is 12.0. The number of rotatable bonds is 2. The van der Waals surface area contributed by atoms with Crippen LogP contribution in [0.4, 0.5) is 0 Å². The van der Waals surface area contributed by atoms with Crippen LogP contribution in [0.3, 0.4) is 0 Å². The Morgan fingerprint density at radius 3 is 2.53 bits per heavy atom. The van der Waals surface area contributed by atoms with Gasteiger partial charge in [0.15, 0.2) is 0 Å². The number of benzene rings is 1. The fourth-order valence-electron chi connectivity index (χ4n) is 1.93. The van der Waals surface area contributed by atoms with Gasteiger partial charge in [-0.05, 0) is 18.6 Å². The number of aliphatic carboxylic acids is 1. The topological polar surface area (TPSA) is 97.5 Å². The average Bonchev–Trinajstić information content (AvgIpc) is 2.48. The molecule has 2 rings (SSSR count). The second kappa shape index (κ2) is 3.68. The van der Waals surface area contributed by atoms with Gasteiger partial charge in [-0.1, -0.05) is 18.2 Å². The molecule has 0 aromatic heterocycles. The molecule has 0 spiro atoms. The van der Waals surface area contributed by atoms with E-state index in [1.165, 1.54) is 13.0 Å². The van der Waals surface area contributed by atoms with Gasteiger partial charge in [-0.3, -0.25) is 4.79 Å². The lowest BCUT2D eigenvalue weighted by Gasteiger charge is -2.09. The number of allylic oxidation sites excluding steroid dienone is 1. The second-order valence-electron chi connectivity index (χ2n) is 3.79. The van der Waals surface area contributed by atoms with Crippen LogP contribution >= 0.6 is 0 Å². The van der Waals surface area contributed by atoms with E-state index in [2.05, 4.69) is 0 Å². The van der Waals surface area contributed by atoms with Crippen LogP contribution in [0.5, 0.6) is 0 Å². The van der Waals surface area contributed by atoms with E-state index in [0.717, 1.165) is 0 Å². The van der Waals surface area contributed by atoms with Gasteiger partial charge in [0.1, 0.15) is 6.04 Å². The zero-order chi connectivity index (χ0) is 12.8. The van der Waals surface area contributed by atoms with Crippen molar-refractivity contribution in [2.45, 2.75) is 17.9 Å². The van der Waals surface area contributed by atoms with Crippen molar-refractivity contribution in [3.05, 3.63) is 34.7 Å². The number of sulfone groups is 1. The largest absolute Gasteiger partial charge is 0.480 e. The van der Waals surface area contributed by atoms with Crippen molar-refractivity contribution in [1.82, 2.24) is 0 Å². The molecule has 0 aliphatic carbocycles. The number of carbonyl (C=O) groups is 1. The molecule has 17 heavy (non-hydrogen) atoms. The summed E-state index contributed by atoms with van der Waals surface area (Å²) in [5, 5.41) is 8.90. The molecule has 90 valence electrons. The number of carboxylic acids is 1. The Balaban J connectivity index is 2.76. The van der Waals surface area contributed by atoms with Gasteiger partial charge in [0.2, 0.25) is 9.84 Å². The van der Waals surface area contributed by atoms with E-state index in [1.807, 2.05) is 0 Å². The van der Waals surface area contributed by atoms with Crippen molar-refractivity contribution in [2.24, 2.45) is 5.73 Å². The molecule has 0 radical (unpaired) electrons. The van der Waals surface area contributed by atoms with Crippen LogP contribution in [-0.4, -0.2) is 25.5 Å². The van der Waals surface area contributed by atoms with E-state index < -0.39 is 21.8 Å². The highest BCUT2D eigenvalue weighted by molar-refractivity contribution is 7.95. The van der Waals surface area contributed by atoms with E-state index >= 15 is 0 Å². The maximum absolute atomic E-state index is 12.0. The number of fused-ring (bicyclic) bond motifs is 1. The molecule has 1 aliphatic rings. The number of hydrogen-bond donors (Lipinski definition) is 2. The summed E-state index contributed by atoms with van der Waals surface area (Å²) in [6.07, 6.45) is 0. The number of nitrogens with two attached hydrogens (primary N) is 1. The summed E-state index contributed by atoms with van der Waals surface area (Å²) in [4.78, 5) is 11.0. The van der Waals surface area contributed by atoms with E-state index in [4.69, 9.17) is 10.8 Å². The summed E-state index contributed by atoms with van der Waals surface area (Å²) >= 11 is 0. The van der Waals surface area contributed by atoms with Crippen molar-refractivity contribution in [1.29, 1.82) is 0 Å². The second-order valence-corrected chi connectivity index (χ2v) is 5.84. The summed E-state index contributed by atoms with van der Waals surface area (Å²) in [6.45, 7) is 1.38. The smallest absolute Gasteiger partial charge is 0.325 e. The number of carboxylic acid groups (broad SMARTS) is 1. The van der Waals surface area contributed by atoms with Crippen LogP contribution in [0.1, 0.15) is 12.5 Å². The molecule has 5 nitrogen and oxygen atoms in total. The van der Waals surface area contributed by atoms with Crippen molar-refractivity contribution in [3.8, 4) is 0 Å². The van der Waals surface area contributed by atoms with E-state index in [9.17, 15) is 13.2 Å². The first kappa shape index (κ1) is 11.8. The van der Waals surface area contributed by atoms with Crippen LogP contribution in [-0.2, 0) is 14.6 Å². The minimum atomic E-state index is -3.58. The molecule has 0 saturated carbocycles. The zero-order valence-electron chi connectivity index (χ0n) is 9.04. The van der Waals surface area contributed by atoms with Gasteiger partial charge in [0.25, 0.3) is 0 Å². The summed E-state index contributed by atoms with van der Waals surface area (Å²) < 4.78 is 24.0. The Morgan fingerprint density at radius 2 is 1.94 bits per heavy atom. The summed E-state index contributed by atoms with van der Waals surface area (Å²) in [6, 6.07) is 4.95. The van der Waals surface area contributed by atoms with Gasteiger partial charge in [-0.15, -0.1) is 0 Å². The molecule has 1 aliphatic heterocycles. The minimum absolute atomic E-state index is 0.0219. The molecule has 0 fully saturated rings. The maximum Gasteiger partial charge on any atom is 0.325 e. The van der Waals surface area contributed by atoms with Gasteiger partial charge in [-0.25, -0.2) is 8.42 Å². The molecule has 1 unspecified atom stereocenters. The van der Waals surface area contributed by atoms with Crippen molar-refractivity contribution < 1.29 is 18.3 Å². The SMILES string of the molecule is CC1=C(C(N)C(=O)O)c2ccccc2S1(=O)=O. The van der Waals surface area contributed by atoms with Gasteiger partial charge in [0.05, 0.1) is 9.80 Å². The molecule has 6 heteroatoms. The lowest BCUT2D eigenvalue weighted by Crippen LogP contribution is -2.31. The first-order valence-electron chi connectivity index (χ1n) is 4.91. The fraction of sp³-hybridized carbons (Fsp3) is 0.182. The third-order valence-corrected chi connectivity index (χ3v) is 4.79. The third-order valence-electron chi connectivity index (χ3n) is 2.83. The predicted molar refractivity (Wildman–Crippen MR) is 61.8 cm³/mol. The minimum Gasteiger partial charge on any atom is -0.480 e. The fourth-order valence-corrected chi connectivity index (χ4v) is 3.51. The van der Waals surface area contributed by atoms with Crippen LogP contribution in [0.25, 0.3) is 5.57 Å². The summed E-state index contributed by atoms with van der Waals surface area (Å²) in [5.41, 5.74) is 6.09. The Kier molecular flexibility index (Phi) is 2.56. The van der Waals surface area contributed by atoms with E-state index in [1.54, 1.807) is 18.2 Å². The lowest BCUT2D eigenvalue weighted by atomic mass is 9.99. The Bertz CT molecular complexity index is 631. The Labute approximate surface area is 98.5 Å². The van der Waals surface area contributed by atoms with Crippen molar-refractivity contribution in [3.63, 3.8) is 0 Å². The van der Waals surface area contributed by atoms with Crippen LogP contribution in [0.2, 0.25) is 0 Å². The highest BCUT2D eigenvalue weighted by Gasteiger charge is 2.36. The van der Waals surface area contributed by atoms with E-state index in [0.29, 0.717) is 5.56 Å². The molecule has 0 amide bonds. The van der Waals surface area contributed by atoms with Crippen LogP contribution in [0.15, 0.2) is 34.1 Å². The normalized spacial score (nSPS) is 18.9.